The van der Waals surface area contributed by atoms with Gasteiger partial charge in [-0.15, -0.1) is 0 Å². The molecule has 3 aromatic rings. The van der Waals surface area contributed by atoms with E-state index in [0.717, 1.165) is 11.1 Å². The number of nitrogens with zero attached hydrogens (tertiary/aromatic N) is 1. The van der Waals surface area contributed by atoms with Gasteiger partial charge in [-0.1, -0.05) is 35.9 Å². The number of aromatic carboxylic acids is 1. The van der Waals surface area contributed by atoms with Crippen molar-refractivity contribution in [3.05, 3.63) is 94.6 Å². The van der Waals surface area contributed by atoms with Crippen LogP contribution in [0.25, 0.3) is 6.08 Å². The highest BCUT2D eigenvalue weighted by atomic mass is 32.1. The predicted molar refractivity (Wildman–Crippen MR) is 138 cm³/mol. The first-order valence-corrected chi connectivity index (χ1v) is 11.3. The van der Waals surface area contributed by atoms with Crippen molar-refractivity contribution in [2.75, 3.05) is 12.0 Å². The molecule has 4 rings (SSSR count). The summed E-state index contributed by atoms with van der Waals surface area (Å²) in [6.07, 6.45) is 1.47. The van der Waals surface area contributed by atoms with E-state index in [9.17, 15) is 14.4 Å². The molecule has 1 saturated heterocycles. The van der Waals surface area contributed by atoms with Crippen LogP contribution in [0.3, 0.4) is 0 Å². The lowest BCUT2D eigenvalue weighted by Gasteiger charge is -2.29. The number of thiocarbonyl (C=S) groups is 1. The number of aryl methyl sites for hydroxylation is 1. The molecule has 1 heterocycles. The summed E-state index contributed by atoms with van der Waals surface area (Å²) in [5, 5.41) is 11.6. The monoisotopic (exact) mass is 502 g/mol. The molecule has 2 amide bonds. The average Bonchev–Trinajstić information content (AvgIpc) is 2.86. The number of carbonyl (C=O) groups excluding carboxylic acids is 2. The number of carboxylic acid groups (broad SMARTS) is 1. The van der Waals surface area contributed by atoms with Gasteiger partial charge in [0.2, 0.25) is 0 Å². The van der Waals surface area contributed by atoms with Gasteiger partial charge >= 0.3 is 5.97 Å². The van der Waals surface area contributed by atoms with Crippen molar-refractivity contribution in [3.8, 4) is 11.5 Å². The van der Waals surface area contributed by atoms with Gasteiger partial charge in [-0.2, -0.15) is 0 Å². The molecular weight excluding hydrogens is 480 g/mol. The summed E-state index contributed by atoms with van der Waals surface area (Å²) in [4.78, 5) is 38.1. The molecule has 0 atom stereocenters. The second-order valence-electron chi connectivity index (χ2n) is 7.99. The molecule has 1 fully saturated rings. The Balaban J connectivity index is 1.55. The van der Waals surface area contributed by atoms with Crippen molar-refractivity contribution < 1.29 is 29.0 Å². The normalized spacial score (nSPS) is 14.6. The number of carbonyl (C=O) groups is 3. The van der Waals surface area contributed by atoms with Crippen LogP contribution in [0.5, 0.6) is 11.5 Å². The second kappa shape index (κ2) is 10.4. The van der Waals surface area contributed by atoms with Gasteiger partial charge in [-0.05, 0) is 72.7 Å². The Hall–Kier alpha value is -4.50. The van der Waals surface area contributed by atoms with Gasteiger partial charge in [-0.25, -0.2) is 4.79 Å². The maximum Gasteiger partial charge on any atom is 0.335 e. The summed E-state index contributed by atoms with van der Waals surface area (Å²) in [6.45, 7) is 2.13. The summed E-state index contributed by atoms with van der Waals surface area (Å²) in [5.41, 5.74) is 3.04. The zero-order valence-corrected chi connectivity index (χ0v) is 20.3. The summed E-state index contributed by atoms with van der Waals surface area (Å²) in [5.74, 6) is -1.26. The van der Waals surface area contributed by atoms with Crippen molar-refractivity contribution in [1.82, 2.24) is 5.32 Å². The van der Waals surface area contributed by atoms with Gasteiger partial charge < -0.3 is 14.6 Å². The van der Waals surface area contributed by atoms with E-state index in [1.54, 1.807) is 42.5 Å². The van der Waals surface area contributed by atoms with Crippen molar-refractivity contribution in [2.24, 2.45) is 0 Å². The fourth-order valence-electron chi connectivity index (χ4n) is 3.55. The molecule has 0 aliphatic carbocycles. The maximum atomic E-state index is 13.2. The molecule has 2 N–H and O–H groups in total. The van der Waals surface area contributed by atoms with Crippen LogP contribution in [0.1, 0.15) is 27.0 Å². The minimum Gasteiger partial charge on any atom is -0.493 e. The standard InChI is InChI=1S/C27H22N2O6S/c1-16-3-10-20(11-4-16)29-25(31)21(24(30)28-27(29)36)13-18-7-12-22(23(14-18)34-2)35-15-17-5-8-19(9-6-17)26(32)33/h3-14H,15H2,1-2H3,(H,32,33)(H,28,30,36). The summed E-state index contributed by atoms with van der Waals surface area (Å²) in [6, 6.07) is 18.6. The molecular formula is C27H22N2O6S. The van der Waals surface area contributed by atoms with Crippen LogP contribution in [-0.2, 0) is 16.2 Å². The molecule has 9 heteroatoms. The number of hydrogen-bond acceptors (Lipinski definition) is 6. The lowest BCUT2D eigenvalue weighted by molar-refractivity contribution is -0.122. The number of ether oxygens (including phenoxy) is 2. The quantitative estimate of drug-likeness (QED) is 0.285. The van der Waals surface area contributed by atoms with Gasteiger partial charge in [0.1, 0.15) is 12.2 Å². The Kier molecular flexibility index (Phi) is 7.12. The molecule has 36 heavy (non-hydrogen) atoms. The third-order valence-corrected chi connectivity index (χ3v) is 5.77. The smallest absolute Gasteiger partial charge is 0.335 e. The molecule has 1 aliphatic rings. The Morgan fingerprint density at radius 3 is 2.36 bits per heavy atom. The fourth-order valence-corrected chi connectivity index (χ4v) is 3.83. The van der Waals surface area contributed by atoms with Crippen molar-refractivity contribution in [1.29, 1.82) is 0 Å². The molecule has 1 aliphatic heterocycles. The number of nitrogens with one attached hydrogen (secondary N) is 1. The van der Waals surface area contributed by atoms with E-state index in [1.807, 2.05) is 19.1 Å². The Morgan fingerprint density at radius 2 is 1.72 bits per heavy atom. The zero-order chi connectivity index (χ0) is 25.8. The Morgan fingerprint density at radius 1 is 1.03 bits per heavy atom. The van der Waals surface area contributed by atoms with E-state index < -0.39 is 17.8 Å². The number of carboxylic acids is 1. The molecule has 0 spiro atoms. The van der Waals surface area contributed by atoms with Gasteiger partial charge in [0.05, 0.1) is 18.4 Å². The number of benzene rings is 3. The first kappa shape index (κ1) is 24.6. The number of anilines is 1. The number of methoxy groups -OCH3 is 1. The highest BCUT2D eigenvalue weighted by molar-refractivity contribution is 7.80. The Labute approximate surface area is 212 Å². The SMILES string of the molecule is COc1cc(C=C2C(=O)NC(=S)N(c3ccc(C)cc3)C2=O)ccc1OCc1ccc(C(=O)O)cc1. The van der Waals surface area contributed by atoms with Gasteiger partial charge in [0, 0.05) is 0 Å². The van der Waals surface area contributed by atoms with Gasteiger partial charge in [0.15, 0.2) is 16.6 Å². The highest BCUT2D eigenvalue weighted by Crippen LogP contribution is 2.30. The maximum absolute atomic E-state index is 13.2. The van der Waals surface area contributed by atoms with Gasteiger partial charge in [-0.3, -0.25) is 19.8 Å². The molecule has 0 aromatic heterocycles. The molecule has 0 unspecified atom stereocenters. The zero-order valence-electron chi connectivity index (χ0n) is 19.5. The molecule has 3 aromatic carbocycles. The third kappa shape index (κ3) is 5.26. The van der Waals surface area contributed by atoms with Crippen LogP contribution < -0.4 is 19.7 Å². The van der Waals surface area contributed by atoms with E-state index in [1.165, 1.54) is 30.2 Å². The number of amides is 2. The van der Waals surface area contributed by atoms with Crippen molar-refractivity contribution in [3.63, 3.8) is 0 Å². The van der Waals surface area contributed by atoms with Crippen LogP contribution >= 0.6 is 12.2 Å². The third-order valence-electron chi connectivity index (χ3n) is 5.49. The lowest BCUT2D eigenvalue weighted by atomic mass is 10.1. The van der Waals surface area contributed by atoms with Crippen LogP contribution in [0.15, 0.2) is 72.3 Å². The van der Waals surface area contributed by atoms with Crippen molar-refractivity contribution in [2.45, 2.75) is 13.5 Å². The largest absolute Gasteiger partial charge is 0.493 e. The van der Waals surface area contributed by atoms with Crippen LogP contribution in [0.2, 0.25) is 0 Å². The minimum absolute atomic E-state index is 0.0173. The Bertz CT molecular complexity index is 1380. The van der Waals surface area contributed by atoms with E-state index in [-0.39, 0.29) is 22.9 Å². The first-order valence-electron chi connectivity index (χ1n) is 10.9. The summed E-state index contributed by atoms with van der Waals surface area (Å²) < 4.78 is 11.3. The van der Waals surface area contributed by atoms with E-state index >= 15 is 0 Å². The van der Waals surface area contributed by atoms with E-state index in [2.05, 4.69) is 5.32 Å². The number of hydrogen-bond donors (Lipinski definition) is 2. The minimum atomic E-state index is -0.997. The van der Waals surface area contributed by atoms with Gasteiger partial charge in [0.25, 0.3) is 11.8 Å². The van der Waals surface area contributed by atoms with Crippen LogP contribution in [0.4, 0.5) is 5.69 Å². The molecule has 0 bridgehead atoms. The second-order valence-corrected chi connectivity index (χ2v) is 8.38. The summed E-state index contributed by atoms with van der Waals surface area (Å²) >= 11 is 5.24. The number of rotatable bonds is 7. The molecule has 182 valence electrons. The predicted octanol–water partition coefficient (Wildman–Crippen LogP) is 4.11. The fraction of sp³-hybridized carbons (Fsp3) is 0.111. The molecule has 0 saturated carbocycles. The molecule has 8 nitrogen and oxygen atoms in total. The van der Waals surface area contributed by atoms with E-state index in [4.69, 9.17) is 26.8 Å². The topological polar surface area (TPSA) is 105 Å². The van der Waals surface area contributed by atoms with Crippen LogP contribution in [-0.4, -0.2) is 35.1 Å². The highest BCUT2D eigenvalue weighted by Gasteiger charge is 2.34. The lowest BCUT2D eigenvalue weighted by Crippen LogP contribution is -2.54. The average molecular weight is 503 g/mol. The van der Waals surface area contributed by atoms with Crippen LogP contribution in [0, 0.1) is 6.92 Å². The van der Waals surface area contributed by atoms with Crippen molar-refractivity contribution >= 4 is 46.9 Å². The molecule has 0 radical (unpaired) electrons. The van der Waals surface area contributed by atoms with E-state index in [0.29, 0.717) is 22.7 Å². The first-order chi connectivity index (χ1) is 17.3. The summed E-state index contributed by atoms with van der Waals surface area (Å²) in [7, 11) is 1.48.